The number of amides is 2. The van der Waals surface area contributed by atoms with Crippen LogP contribution in [0.5, 0.6) is 5.75 Å². The summed E-state index contributed by atoms with van der Waals surface area (Å²) in [7, 11) is 0. The molecule has 0 spiro atoms. The summed E-state index contributed by atoms with van der Waals surface area (Å²) in [5, 5.41) is 7.28. The Labute approximate surface area is 152 Å². The molecule has 1 aliphatic heterocycles. The fourth-order valence-electron chi connectivity index (χ4n) is 3.08. The van der Waals surface area contributed by atoms with E-state index in [-0.39, 0.29) is 11.8 Å². The SMILES string of the molecule is CCOc1ccc(CNC(=O)C(C)N2C(=O)CCn3nc(C)cc32)cc1. The van der Waals surface area contributed by atoms with Crippen LogP contribution in [-0.2, 0) is 22.7 Å². The van der Waals surface area contributed by atoms with E-state index in [1.807, 2.05) is 44.2 Å². The molecule has 2 amide bonds. The van der Waals surface area contributed by atoms with E-state index in [1.54, 1.807) is 11.6 Å². The third-order valence-corrected chi connectivity index (χ3v) is 4.40. The van der Waals surface area contributed by atoms with E-state index in [2.05, 4.69) is 10.4 Å². The monoisotopic (exact) mass is 356 g/mol. The van der Waals surface area contributed by atoms with E-state index in [4.69, 9.17) is 4.74 Å². The first-order valence-corrected chi connectivity index (χ1v) is 8.85. The molecule has 0 saturated carbocycles. The molecule has 2 heterocycles. The summed E-state index contributed by atoms with van der Waals surface area (Å²) in [4.78, 5) is 26.5. The molecule has 1 aromatic carbocycles. The summed E-state index contributed by atoms with van der Waals surface area (Å²) in [6, 6.07) is 8.84. The second kappa shape index (κ2) is 7.59. The highest BCUT2D eigenvalue weighted by molar-refractivity contribution is 6.00. The summed E-state index contributed by atoms with van der Waals surface area (Å²) >= 11 is 0. The Morgan fingerprint density at radius 3 is 2.77 bits per heavy atom. The average molecular weight is 356 g/mol. The summed E-state index contributed by atoms with van der Waals surface area (Å²) in [6.07, 6.45) is 0.352. The summed E-state index contributed by atoms with van der Waals surface area (Å²) < 4.78 is 7.20. The third-order valence-electron chi connectivity index (χ3n) is 4.40. The van der Waals surface area contributed by atoms with Gasteiger partial charge in [-0.05, 0) is 38.5 Å². The van der Waals surface area contributed by atoms with Crippen LogP contribution in [0.4, 0.5) is 5.82 Å². The molecular weight excluding hydrogens is 332 g/mol. The molecular formula is C19H24N4O3. The standard InChI is InChI=1S/C19H24N4O3/c1-4-26-16-7-5-15(6-8-16)12-20-19(25)14(3)23-17-11-13(2)21-22(17)10-9-18(23)24/h5-8,11,14H,4,9-10,12H2,1-3H3,(H,20,25). The van der Waals surface area contributed by atoms with Crippen molar-refractivity contribution in [3.8, 4) is 5.75 Å². The van der Waals surface area contributed by atoms with Crippen LogP contribution in [0.25, 0.3) is 0 Å². The zero-order chi connectivity index (χ0) is 18.7. The van der Waals surface area contributed by atoms with E-state index >= 15 is 0 Å². The van der Waals surface area contributed by atoms with Crippen molar-refractivity contribution >= 4 is 17.6 Å². The predicted octanol–water partition coefficient (Wildman–Crippen LogP) is 2.03. The first kappa shape index (κ1) is 18.0. The molecule has 0 aliphatic carbocycles. The van der Waals surface area contributed by atoms with Gasteiger partial charge in [0.2, 0.25) is 11.8 Å². The van der Waals surface area contributed by atoms with Gasteiger partial charge in [-0.15, -0.1) is 0 Å². The van der Waals surface area contributed by atoms with Gasteiger partial charge < -0.3 is 10.1 Å². The Bertz CT molecular complexity index is 798. The summed E-state index contributed by atoms with van der Waals surface area (Å²) in [6.45, 7) is 7.13. The highest BCUT2D eigenvalue weighted by Gasteiger charge is 2.32. The van der Waals surface area contributed by atoms with Gasteiger partial charge in [-0.2, -0.15) is 5.10 Å². The van der Waals surface area contributed by atoms with Gasteiger partial charge >= 0.3 is 0 Å². The smallest absolute Gasteiger partial charge is 0.243 e. The molecule has 1 atom stereocenters. The predicted molar refractivity (Wildman–Crippen MR) is 98.0 cm³/mol. The van der Waals surface area contributed by atoms with Crippen LogP contribution in [0.2, 0.25) is 0 Å². The van der Waals surface area contributed by atoms with Crippen molar-refractivity contribution in [2.45, 2.75) is 46.3 Å². The molecule has 1 unspecified atom stereocenters. The maximum atomic E-state index is 12.6. The van der Waals surface area contributed by atoms with E-state index < -0.39 is 6.04 Å². The van der Waals surface area contributed by atoms with E-state index in [0.717, 1.165) is 17.0 Å². The molecule has 0 bridgehead atoms. The van der Waals surface area contributed by atoms with Crippen LogP contribution in [0.15, 0.2) is 30.3 Å². The van der Waals surface area contributed by atoms with Gasteiger partial charge in [0.15, 0.2) is 0 Å². The van der Waals surface area contributed by atoms with Crippen LogP contribution < -0.4 is 15.0 Å². The number of hydrogen-bond acceptors (Lipinski definition) is 4. The van der Waals surface area contributed by atoms with Crippen molar-refractivity contribution in [1.82, 2.24) is 15.1 Å². The molecule has 0 fully saturated rings. The van der Waals surface area contributed by atoms with Crippen LogP contribution >= 0.6 is 0 Å². The first-order chi connectivity index (χ1) is 12.5. The summed E-state index contributed by atoms with van der Waals surface area (Å²) in [5.74, 6) is 1.24. The lowest BCUT2D eigenvalue weighted by Gasteiger charge is -2.31. The minimum atomic E-state index is -0.597. The zero-order valence-electron chi connectivity index (χ0n) is 15.4. The van der Waals surface area contributed by atoms with Crippen LogP contribution in [0, 0.1) is 6.92 Å². The normalized spacial score (nSPS) is 14.7. The lowest BCUT2D eigenvalue weighted by molar-refractivity contribution is -0.126. The molecule has 7 nitrogen and oxygen atoms in total. The number of ether oxygens (including phenoxy) is 1. The van der Waals surface area contributed by atoms with Gasteiger partial charge in [0.25, 0.3) is 0 Å². The highest BCUT2D eigenvalue weighted by Crippen LogP contribution is 2.24. The largest absolute Gasteiger partial charge is 0.494 e. The van der Waals surface area contributed by atoms with Gasteiger partial charge in [-0.1, -0.05) is 12.1 Å². The highest BCUT2D eigenvalue weighted by atomic mass is 16.5. The Morgan fingerprint density at radius 1 is 1.35 bits per heavy atom. The number of benzene rings is 1. The van der Waals surface area contributed by atoms with Crippen molar-refractivity contribution in [3.05, 3.63) is 41.6 Å². The number of rotatable bonds is 6. The molecule has 1 N–H and O–H groups in total. The third kappa shape index (κ3) is 3.71. The molecule has 0 saturated heterocycles. The van der Waals surface area contributed by atoms with Crippen molar-refractivity contribution in [2.24, 2.45) is 0 Å². The van der Waals surface area contributed by atoms with Crippen LogP contribution in [-0.4, -0.2) is 34.2 Å². The maximum Gasteiger partial charge on any atom is 0.243 e. The fourth-order valence-corrected chi connectivity index (χ4v) is 3.08. The molecule has 138 valence electrons. The van der Waals surface area contributed by atoms with Crippen molar-refractivity contribution in [2.75, 3.05) is 11.5 Å². The molecule has 0 radical (unpaired) electrons. The van der Waals surface area contributed by atoms with Crippen LogP contribution in [0.1, 0.15) is 31.5 Å². The van der Waals surface area contributed by atoms with Crippen LogP contribution in [0.3, 0.4) is 0 Å². The van der Waals surface area contributed by atoms with E-state index in [1.165, 1.54) is 4.90 Å². The Kier molecular flexibility index (Phi) is 5.25. The van der Waals surface area contributed by atoms with Gasteiger partial charge in [-0.25, -0.2) is 4.68 Å². The first-order valence-electron chi connectivity index (χ1n) is 8.85. The lowest BCUT2D eigenvalue weighted by Crippen LogP contribution is -2.50. The zero-order valence-corrected chi connectivity index (χ0v) is 15.4. The minimum Gasteiger partial charge on any atom is -0.494 e. The van der Waals surface area contributed by atoms with Crippen molar-refractivity contribution in [1.29, 1.82) is 0 Å². The van der Waals surface area contributed by atoms with Crippen molar-refractivity contribution < 1.29 is 14.3 Å². The summed E-state index contributed by atoms with van der Waals surface area (Å²) in [5.41, 5.74) is 1.81. The molecule has 3 rings (SSSR count). The Hall–Kier alpha value is -2.83. The van der Waals surface area contributed by atoms with Gasteiger partial charge in [0, 0.05) is 19.0 Å². The fraction of sp³-hybridized carbons (Fsp3) is 0.421. The average Bonchev–Trinajstić information content (AvgIpc) is 3.00. The Morgan fingerprint density at radius 2 is 2.08 bits per heavy atom. The number of nitrogens with one attached hydrogen (secondary N) is 1. The topological polar surface area (TPSA) is 76.5 Å². The molecule has 1 aliphatic rings. The molecule has 1 aromatic heterocycles. The number of hydrogen-bond donors (Lipinski definition) is 1. The maximum absolute atomic E-state index is 12.6. The van der Waals surface area contributed by atoms with Gasteiger partial charge in [-0.3, -0.25) is 14.5 Å². The molecule has 26 heavy (non-hydrogen) atoms. The number of aryl methyl sites for hydroxylation is 2. The van der Waals surface area contributed by atoms with Gasteiger partial charge in [0.1, 0.15) is 17.6 Å². The van der Waals surface area contributed by atoms with E-state index in [0.29, 0.717) is 31.9 Å². The Balaban J connectivity index is 1.65. The minimum absolute atomic E-state index is 0.0545. The number of carbonyl (C=O) groups is 2. The number of fused-ring (bicyclic) bond motifs is 1. The lowest BCUT2D eigenvalue weighted by atomic mass is 10.1. The number of nitrogens with zero attached hydrogens (tertiary/aromatic N) is 3. The molecule has 2 aromatic rings. The number of aromatic nitrogens is 2. The van der Waals surface area contributed by atoms with E-state index in [9.17, 15) is 9.59 Å². The van der Waals surface area contributed by atoms with Gasteiger partial charge in [0.05, 0.1) is 18.8 Å². The number of carbonyl (C=O) groups excluding carboxylic acids is 2. The number of anilines is 1. The second-order valence-corrected chi connectivity index (χ2v) is 6.35. The quantitative estimate of drug-likeness (QED) is 0.859. The second-order valence-electron chi connectivity index (χ2n) is 6.35. The van der Waals surface area contributed by atoms with Crippen molar-refractivity contribution in [3.63, 3.8) is 0 Å². The molecule has 7 heteroatoms.